The van der Waals surface area contributed by atoms with E-state index < -0.39 is 11.9 Å². The molecule has 0 bridgehead atoms. The first-order valence-electron chi connectivity index (χ1n) is 6.92. The number of urea groups is 1. The Morgan fingerprint density at radius 2 is 1.71 bits per heavy atom. The Kier molecular flexibility index (Phi) is 4.59. The van der Waals surface area contributed by atoms with Crippen molar-refractivity contribution in [1.29, 1.82) is 0 Å². The first-order chi connectivity index (χ1) is 11.5. The molecule has 3 aromatic rings. The van der Waals surface area contributed by atoms with Gasteiger partial charge in [0.05, 0.1) is 0 Å². The van der Waals surface area contributed by atoms with Crippen molar-refractivity contribution in [1.82, 2.24) is 15.8 Å². The highest BCUT2D eigenvalue weighted by molar-refractivity contribution is 6.31. The van der Waals surface area contributed by atoms with Gasteiger partial charge in [0.1, 0.15) is 5.69 Å². The van der Waals surface area contributed by atoms with E-state index in [1.165, 1.54) is 0 Å². The molecule has 6 nitrogen and oxygen atoms in total. The van der Waals surface area contributed by atoms with Gasteiger partial charge in [0, 0.05) is 26.6 Å². The number of carbonyl (C=O) groups excluding carboxylic acids is 2. The number of hydrogen-bond acceptors (Lipinski definition) is 2. The lowest BCUT2D eigenvalue weighted by molar-refractivity contribution is 0.0934. The van der Waals surface area contributed by atoms with E-state index in [1.807, 2.05) is 0 Å². The summed E-state index contributed by atoms with van der Waals surface area (Å²) in [6.07, 6.45) is 0. The van der Waals surface area contributed by atoms with Crippen LogP contribution in [0.2, 0.25) is 10.0 Å². The number of rotatable bonds is 2. The highest BCUT2D eigenvalue weighted by Crippen LogP contribution is 2.20. The summed E-state index contributed by atoms with van der Waals surface area (Å²) in [7, 11) is 0. The number of fused-ring (bicyclic) bond motifs is 1. The summed E-state index contributed by atoms with van der Waals surface area (Å²) < 4.78 is 0. The molecule has 0 aliphatic carbocycles. The van der Waals surface area contributed by atoms with Crippen molar-refractivity contribution >= 4 is 51.7 Å². The Hall–Kier alpha value is -2.70. The van der Waals surface area contributed by atoms with Gasteiger partial charge in [-0.3, -0.25) is 10.2 Å². The van der Waals surface area contributed by atoms with E-state index >= 15 is 0 Å². The van der Waals surface area contributed by atoms with E-state index in [-0.39, 0.29) is 0 Å². The first kappa shape index (κ1) is 16.2. The normalized spacial score (nSPS) is 10.4. The van der Waals surface area contributed by atoms with Crippen molar-refractivity contribution in [2.24, 2.45) is 0 Å². The van der Waals surface area contributed by atoms with Crippen molar-refractivity contribution in [2.45, 2.75) is 0 Å². The van der Waals surface area contributed by atoms with Crippen molar-refractivity contribution in [2.75, 3.05) is 5.32 Å². The van der Waals surface area contributed by atoms with Gasteiger partial charge < -0.3 is 10.3 Å². The van der Waals surface area contributed by atoms with Gasteiger partial charge in [-0.2, -0.15) is 0 Å². The zero-order chi connectivity index (χ0) is 17.1. The molecule has 122 valence electrons. The fourth-order valence-electron chi connectivity index (χ4n) is 2.14. The van der Waals surface area contributed by atoms with Crippen LogP contribution in [0.4, 0.5) is 10.5 Å². The van der Waals surface area contributed by atoms with E-state index in [1.54, 1.807) is 48.5 Å². The summed E-state index contributed by atoms with van der Waals surface area (Å²) in [6, 6.07) is 12.9. The molecule has 0 saturated heterocycles. The monoisotopic (exact) mass is 362 g/mol. The molecule has 0 spiro atoms. The number of nitrogens with one attached hydrogen (secondary N) is 4. The van der Waals surface area contributed by atoms with Crippen molar-refractivity contribution in [3.8, 4) is 0 Å². The molecule has 1 aromatic heterocycles. The van der Waals surface area contributed by atoms with Crippen LogP contribution in [0.3, 0.4) is 0 Å². The third kappa shape index (κ3) is 3.79. The van der Waals surface area contributed by atoms with Gasteiger partial charge in [0.2, 0.25) is 0 Å². The summed E-state index contributed by atoms with van der Waals surface area (Å²) in [6.45, 7) is 0. The molecular formula is C16H12Cl2N4O2. The molecule has 2 aromatic carbocycles. The van der Waals surface area contributed by atoms with Crippen molar-refractivity contribution in [3.63, 3.8) is 0 Å². The van der Waals surface area contributed by atoms with Crippen LogP contribution < -0.4 is 16.2 Å². The molecule has 0 unspecified atom stereocenters. The van der Waals surface area contributed by atoms with Gasteiger partial charge in [-0.25, -0.2) is 10.2 Å². The molecule has 8 heteroatoms. The zero-order valence-electron chi connectivity index (χ0n) is 12.2. The molecule has 3 amide bonds. The predicted octanol–water partition coefficient (Wildman–Crippen LogP) is 3.94. The fraction of sp³-hybridized carbons (Fsp3) is 0. The molecule has 24 heavy (non-hydrogen) atoms. The summed E-state index contributed by atoms with van der Waals surface area (Å²) in [5, 5.41) is 4.42. The summed E-state index contributed by atoms with van der Waals surface area (Å²) in [5.41, 5.74) is 6.16. The highest BCUT2D eigenvalue weighted by atomic mass is 35.5. The zero-order valence-corrected chi connectivity index (χ0v) is 13.7. The Bertz CT molecular complexity index is 923. The fourth-order valence-corrected chi connectivity index (χ4v) is 2.51. The smallest absolute Gasteiger partial charge is 0.337 e. The van der Waals surface area contributed by atoms with Crippen LogP contribution in [0.5, 0.6) is 0 Å². The van der Waals surface area contributed by atoms with Gasteiger partial charge in [-0.05, 0) is 42.5 Å². The topological polar surface area (TPSA) is 86.0 Å². The Balaban J connectivity index is 1.60. The minimum Gasteiger partial charge on any atom is -0.350 e. The number of hydrazine groups is 1. The van der Waals surface area contributed by atoms with E-state index in [0.717, 1.165) is 10.9 Å². The number of anilines is 1. The second kappa shape index (κ2) is 6.82. The molecule has 0 fully saturated rings. The summed E-state index contributed by atoms with van der Waals surface area (Å²) in [5.74, 6) is -0.483. The maximum atomic E-state index is 12.1. The van der Waals surface area contributed by atoms with E-state index in [0.29, 0.717) is 21.4 Å². The van der Waals surface area contributed by atoms with Gasteiger partial charge in [0.25, 0.3) is 5.91 Å². The van der Waals surface area contributed by atoms with E-state index in [2.05, 4.69) is 21.2 Å². The molecule has 3 rings (SSSR count). The third-order valence-corrected chi connectivity index (χ3v) is 3.67. The molecule has 0 saturated carbocycles. The maximum absolute atomic E-state index is 12.1. The number of H-pyrrole nitrogens is 1. The number of amides is 3. The number of hydrogen-bond donors (Lipinski definition) is 4. The minimum absolute atomic E-state index is 0.301. The molecule has 0 radical (unpaired) electrons. The van der Waals surface area contributed by atoms with Crippen LogP contribution in [0.15, 0.2) is 48.5 Å². The SMILES string of the molecule is O=C(NNC(=O)c1cc2cc(Cl)ccc2[nH]1)Nc1cccc(Cl)c1. The van der Waals surface area contributed by atoms with Crippen LogP contribution in [0.25, 0.3) is 10.9 Å². The van der Waals surface area contributed by atoms with E-state index in [9.17, 15) is 9.59 Å². The number of halogens is 2. The van der Waals surface area contributed by atoms with Gasteiger partial charge in [-0.1, -0.05) is 29.3 Å². The van der Waals surface area contributed by atoms with Crippen LogP contribution in [-0.4, -0.2) is 16.9 Å². The second-order valence-electron chi connectivity index (χ2n) is 4.96. The molecule has 0 aliphatic rings. The lowest BCUT2D eigenvalue weighted by Crippen LogP contribution is -2.44. The van der Waals surface area contributed by atoms with Crippen LogP contribution >= 0.6 is 23.2 Å². The lowest BCUT2D eigenvalue weighted by Gasteiger charge is -2.08. The van der Waals surface area contributed by atoms with Crippen LogP contribution in [0.1, 0.15) is 10.5 Å². The molecule has 4 N–H and O–H groups in total. The lowest BCUT2D eigenvalue weighted by atomic mass is 10.2. The largest absolute Gasteiger partial charge is 0.350 e. The number of benzene rings is 2. The standard InChI is InChI=1S/C16H12Cl2N4O2/c17-10-2-1-3-12(8-10)19-16(24)22-21-15(23)14-7-9-6-11(18)4-5-13(9)20-14/h1-8,20H,(H,21,23)(H2,19,22,24). The van der Waals surface area contributed by atoms with Crippen LogP contribution in [-0.2, 0) is 0 Å². The summed E-state index contributed by atoms with van der Waals surface area (Å²) in [4.78, 5) is 26.8. The Morgan fingerprint density at radius 3 is 2.50 bits per heavy atom. The molecule has 0 aliphatic heterocycles. The molecular weight excluding hydrogens is 351 g/mol. The van der Waals surface area contributed by atoms with E-state index in [4.69, 9.17) is 23.2 Å². The maximum Gasteiger partial charge on any atom is 0.337 e. The number of aromatic amines is 1. The number of aromatic nitrogens is 1. The van der Waals surface area contributed by atoms with Gasteiger partial charge in [-0.15, -0.1) is 0 Å². The van der Waals surface area contributed by atoms with Crippen molar-refractivity contribution in [3.05, 3.63) is 64.3 Å². The van der Waals surface area contributed by atoms with Crippen LogP contribution in [0, 0.1) is 0 Å². The third-order valence-electron chi connectivity index (χ3n) is 3.20. The average Bonchev–Trinajstić information content (AvgIpc) is 2.95. The molecule has 1 heterocycles. The Morgan fingerprint density at radius 1 is 0.917 bits per heavy atom. The van der Waals surface area contributed by atoms with Gasteiger partial charge in [0.15, 0.2) is 0 Å². The first-order valence-corrected chi connectivity index (χ1v) is 7.68. The van der Waals surface area contributed by atoms with Crippen molar-refractivity contribution < 1.29 is 9.59 Å². The Labute approximate surface area is 147 Å². The molecule has 0 atom stereocenters. The van der Waals surface area contributed by atoms with Gasteiger partial charge >= 0.3 is 6.03 Å². The minimum atomic E-state index is -0.593. The highest BCUT2D eigenvalue weighted by Gasteiger charge is 2.11. The summed E-state index contributed by atoms with van der Waals surface area (Å²) >= 11 is 11.7. The average molecular weight is 363 g/mol. The second-order valence-corrected chi connectivity index (χ2v) is 5.83. The number of carbonyl (C=O) groups is 2. The quantitative estimate of drug-likeness (QED) is 0.520. The predicted molar refractivity (Wildman–Crippen MR) is 94.4 cm³/mol.